The van der Waals surface area contributed by atoms with E-state index in [0.717, 1.165) is 14.7 Å². The summed E-state index contributed by atoms with van der Waals surface area (Å²) in [5.74, 6) is 0.180. The summed E-state index contributed by atoms with van der Waals surface area (Å²) in [6.45, 7) is 2.36. The third-order valence-electron chi connectivity index (χ3n) is 1.92. The summed E-state index contributed by atoms with van der Waals surface area (Å²) in [5, 5.41) is 0. The van der Waals surface area contributed by atoms with E-state index < -0.39 is 0 Å². The van der Waals surface area contributed by atoms with E-state index in [1.165, 1.54) is 0 Å². The van der Waals surface area contributed by atoms with E-state index >= 15 is 0 Å². The number of hydrogen-bond acceptors (Lipinski definition) is 2. The average Bonchev–Trinajstić information content (AvgIpc) is 2.17. The van der Waals surface area contributed by atoms with Gasteiger partial charge < -0.3 is 5.73 Å². The molecule has 3 heteroatoms. The number of carbonyl (C=O) groups is 1. The summed E-state index contributed by atoms with van der Waals surface area (Å²) in [6, 6.07) is 5.69. The lowest BCUT2D eigenvalue weighted by Gasteiger charge is -2.05. The molecule has 0 aliphatic heterocycles. The van der Waals surface area contributed by atoms with Crippen molar-refractivity contribution in [2.75, 3.05) is 0 Å². The molecule has 70 valence electrons. The molecule has 0 bridgehead atoms. The van der Waals surface area contributed by atoms with E-state index in [0.29, 0.717) is 13.0 Å². The van der Waals surface area contributed by atoms with Crippen LogP contribution in [0.5, 0.6) is 0 Å². The normalized spacial score (nSPS) is 10.1. The Morgan fingerprint density at radius 2 is 2.23 bits per heavy atom. The minimum Gasteiger partial charge on any atom is -0.326 e. The summed E-state index contributed by atoms with van der Waals surface area (Å²) < 4.78 is 0.995. The summed E-state index contributed by atoms with van der Waals surface area (Å²) in [7, 11) is 0. The number of nitrogens with two attached hydrogens (primary N) is 1. The molecule has 0 atom stereocenters. The van der Waals surface area contributed by atoms with E-state index in [2.05, 4.69) is 22.6 Å². The second-order valence-electron chi connectivity index (χ2n) is 2.76. The van der Waals surface area contributed by atoms with Crippen LogP contribution >= 0.6 is 22.6 Å². The van der Waals surface area contributed by atoms with Gasteiger partial charge in [0.2, 0.25) is 0 Å². The molecule has 1 rings (SSSR count). The van der Waals surface area contributed by atoms with E-state index in [-0.39, 0.29) is 5.78 Å². The van der Waals surface area contributed by atoms with Crippen molar-refractivity contribution >= 4 is 28.4 Å². The van der Waals surface area contributed by atoms with Crippen LogP contribution in [-0.2, 0) is 6.54 Å². The molecule has 13 heavy (non-hydrogen) atoms. The molecule has 0 heterocycles. The lowest BCUT2D eigenvalue weighted by Crippen LogP contribution is -2.05. The van der Waals surface area contributed by atoms with Crippen molar-refractivity contribution in [2.24, 2.45) is 5.73 Å². The van der Waals surface area contributed by atoms with Crippen LogP contribution in [0.15, 0.2) is 18.2 Å². The fourth-order valence-corrected chi connectivity index (χ4v) is 2.02. The maximum atomic E-state index is 11.5. The minimum atomic E-state index is 0.180. The third kappa shape index (κ3) is 2.28. The Kier molecular flexibility index (Phi) is 3.87. The van der Waals surface area contributed by atoms with Gasteiger partial charge in [-0.3, -0.25) is 4.79 Å². The number of hydrogen-bond donors (Lipinski definition) is 1. The third-order valence-corrected chi connectivity index (χ3v) is 3.19. The zero-order chi connectivity index (χ0) is 9.84. The summed E-state index contributed by atoms with van der Waals surface area (Å²) in [5.41, 5.74) is 7.38. The van der Waals surface area contributed by atoms with Crippen LogP contribution in [0.25, 0.3) is 0 Å². The van der Waals surface area contributed by atoms with Gasteiger partial charge in [-0.05, 0) is 28.2 Å². The van der Waals surface area contributed by atoms with E-state index in [4.69, 9.17) is 5.73 Å². The molecule has 0 aromatic heterocycles. The molecule has 0 fully saturated rings. The van der Waals surface area contributed by atoms with Crippen molar-refractivity contribution in [3.05, 3.63) is 32.9 Å². The smallest absolute Gasteiger partial charge is 0.163 e. The largest absolute Gasteiger partial charge is 0.326 e. The van der Waals surface area contributed by atoms with Gasteiger partial charge >= 0.3 is 0 Å². The molecular formula is C10H12INO. The first-order chi connectivity index (χ1) is 6.20. The van der Waals surface area contributed by atoms with Gasteiger partial charge in [-0.15, -0.1) is 0 Å². The SMILES string of the molecule is CCC(=O)c1cccc(CN)c1I. The van der Waals surface area contributed by atoms with E-state index in [9.17, 15) is 4.79 Å². The fourth-order valence-electron chi connectivity index (χ4n) is 1.14. The van der Waals surface area contributed by atoms with Crippen LogP contribution in [0.4, 0.5) is 0 Å². The standard InChI is InChI=1S/C10H12INO/c1-2-9(13)8-5-3-4-7(6-12)10(8)11/h3-5H,2,6,12H2,1H3. The van der Waals surface area contributed by atoms with Gasteiger partial charge in [-0.2, -0.15) is 0 Å². The molecule has 0 saturated heterocycles. The Bertz CT molecular complexity index is 323. The minimum absolute atomic E-state index is 0.180. The van der Waals surface area contributed by atoms with Gasteiger partial charge in [0.15, 0.2) is 5.78 Å². The number of rotatable bonds is 3. The molecule has 0 aliphatic carbocycles. The van der Waals surface area contributed by atoms with Crippen molar-refractivity contribution in [1.29, 1.82) is 0 Å². The Morgan fingerprint density at radius 3 is 2.77 bits per heavy atom. The Morgan fingerprint density at radius 1 is 1.54 bits per heavy atom. The molecule has 0 unspecified atom stereocenters. The van der Waals surface area contributed by atoms with Gasteiger partial charge in [0.1, 0.15) is 0 Å². The topological polar surface area (TPSA) is 43.1 Å². The Hall–Kier alpha value is -0.420. The molecule has 1 aromatic carbocycles. The first kappa shape index (κ1) is 10.7. The second-order valence-corrected chi connectivity index (χ2v) is 3.84. The maximum Gasteiger partial charge on any atom is 0.163 e. The van der Waals surface area contributed by atoms with Gasteiger partial charge in [0.25, 0.3) is 0 Å². The number of benzene rings is 1. The quantitative estimate of drug-likeness (QED) is 0.685. The highest BCUT2D eigenvalue weighted by molar-refractivity contribution is 14.1. The van der Waals surface area contributed by atoms with Crippen LogP contribution in [0.1, 0.15) is 29.3 Å². The highest BCUT2D eigenvalue weighted by Gasteiger charge is 2.09. The van der Waals surface area contributed by atoms with Crippen LogP contribution in [0, 0.1) is 3.57 Å². The lowest BCUT2D eigenvalue weighted by molar-refractivity contribution is 0.0987. The van der Waals surface area contributed by atoms with E-state index in [1.807, 2.05) is 25.1 Å². The summed E-state index contributed by atoms with van der Waals surface area (Å²) >= 11 is 2.18. The maximum absolute atomic E-state index is 11.5. The zero-order valence-electron chi connectivity index (χ0n) is 7.51. The summed E-state index contributed by atoms with van der Waals surface area (Å²) in [6.07, 6.45) is 0.546. The number of halogens is 1. The van der Waals surface area contributed by atoms with Crippen molar-refractivity contribution in [2.45, 2.75) is 19.9 Å². The molecular weight excluding hydrogens is 277 g/mol. The van der Waals surface area contributed by atoms with Gasteiger partial charge in [-0.25, -0.2) is 0 Å². The van der Waals surface area contributed by atoms with Crippen LogP contribution < -0.4 is 5.73 Å². The van der Waals surface area contributed by atoms with E-state index in [1.54, 1.807) is 0 Å². The number of Topliss-reactive ketones (excluding diaryl/α,β-unsaturated/α-hetero) is 1. The predicted molar refractivity (Wildman–Crippen MR) is 61.7 cm³/mol. The molecule has 0 saturated carbocycles. The van der Waals surface area contributed by atoms with Crippen LogP contribution in [-0.4, -0.2) is 5.78 Å². The van der Waals surface area contributed by atoms with Crippen LogP contribution in [0.3, 0.4) is 0 Å². The van der Waals surface area contributed by atoms with Gasteiger partial charge in [0.05, 0.1) is 0 Å². The zero-order valence-corrected chi connectivity index (χ0v) is 9.67. The highest BCUT2D eigenvalue weighted by atomic mass is 127. The fraction of sp³-hybridized carbons (Fsp3) is 0.300. The second kappa shape index (κ2) is 4.72. The monoisotopic (exact) mass is 289 g/mol. The molecule has 0 aliphatic rings. The van der Waals surface area contributed by atoms with Gasteiger partial charge in [-0.1, -0.05) is 25.1 Å². The van der Waals surface area contributed by atoms with Crippen molar-refractivity contribution in [1.82, 2.24) is 0 Å². The number of carbonyl (C=O) groups excluding carboxylic acids is 1. The molecule has 0 spiro atoms. The van der Waals surface area contributed by atoms with Crippen molar-refractivity contribution < 1.29 is 4.79 Å². The van der Waals surface area contributed by atoms with Crippen LogP contribution in [0.2, 0.25) is 0 Å². The lowest BCUT2D eigenvalue weighted by atomic mass is 10.1. The number of ketones is 1. The van der Waals surface area contributed by atoms with Crippen molar-refractivity contribution in [3.8, 4) is 0 Å². The molecule has 1 aromatic rings. The molecule has 0 radical (unpaired) electrons. The Labute approximate surface area is 91.7 Å². The molecule has 2 nitrogen and oxygen atoms in total. The van der Waals surface area contributed by atoms with Gasteiger partial charge in [0, 0.05) is 22.1 Å². The first-order valence-electron chi connectivity index (χ1n) is 4.21. The highest BCUT2D eigenvalue weighted by Crippen LogP contribution is 2.18. The Balaban J connectivity index is 3.15. The predicted octanol–water partition coefficient (Wildman–Crippen LogP) is 2.34. The first-order valence-corrected chi connectivity index (χ1v) is 5.29. The average molecular weight is 289 g/mol. The molecule has 2 N–H and O–H groups in total. The molecule has 0 amide bonds. The van der Waals surface area contributed by atoms with Crippen molar-refractivity contribution in [3.63, 3.8) is 0 Å². The summed E-state index contributed by atoms with van der Waals surface area (Å²) in [4.78, 5) is 11.5.